The maximum atomic E-state index is 12.8. The predicted octanol–water partition coefficient (Wildman–Crippen LogP) is 4.56. The average molecular weight is 348 g/mol. The third kappa shape index (κ3) is 3.10. The van der Waals surface area contributed by atoms with Gasteiger partial charge in [0.15, 0.2) is 0 Å². The Balaban J connectivity index is 1.57. The minimum absolute atomic E-state index is 0.172. The van der Waals surface area contributed by atoms with E-state index in [1.807, 2.05) is 30.0 Å². The van der Waals surface area contributed by atoms with Gasteiger partial charge in [0.25, 0.3) is 0 Å². The molecular weight excluding hydrogens is 328 g/mol. The molecule has 0 unspecified atom stereocenters. The Morgan fingerprint density at radius 1 is 1.20 bits per heavy atom. The number of nitrogens with zero attached hydrogens (tertiary/aromatic N) is 2. The Kier molecular flexibility index (Phi) is 4.14. The summed E-state index contributed by atoms with van der Waals surface area (Å²) < 4.78 is 0. The lowest BCUT2D eigenvalue weighted by atomic mass is 10.0. The fourth-order valence-electron chi connectivity index (χ4n) is 3.38. The van der Waals surface area contributed by atoms with Gasteiger partial charge >= 0.3 is 0 Å². The normalized spacial score (nSPS) is 13.1. The fourth-order valence-corrected chi connectivity index (χ4v) is 4.00. The molecular formula is C21H20N2OS. The number of aromatic nitrogens is 1. The average Bonchev–Trinajstić information content (AvgIpc) is 3.22. The van der Waals surface area contributed by atoms with Crippen LogP contribution in [0.1, 0.15) is 21.7 Å². The van der Waals surface area contributed by atoms with Crippen molar-refractivity contribution >= 4 is 22.9 Å². The van der Waals surface area contributed by atoms with Gasteiger partial charge in [-0.3, -0.25) is 4.79 Å². The second-order valence-corrected chi connectivity index (χ2v) is 7.56. The summed E-state index contributed by atoms with van der Waals surface area (Å²) in [6.07, 6.45) is 1.37. The van der Waals surface area contributed by atoms with Crippen molar-refractivity contribution in [2.75, 3.05) is 11.4 Å². The number of amides is 1. The van der Waals surface area contributed by atoms with Gasteiger partial charge in [0.1, 0.15) is 0 Å². The summed E-state index contributed by atoms with van der Waals surface area (Å²) in [4.78, 5) is 19.3. The number of aryl methyl sites for hydroxylation is 2. The molecule has 3 aromatic rings. The third-order valence-corrected chi connectivity index (χ3v) is 5.57. The summed E-state index contributed by atoms with van der Waals surface area (Å²) in [5.41, 5.74) is 6.72. The number of carbonyl (C=O) groups is 1. The molecule has 0 radical (unpaired) electrons. The quantitative estimate of drug-likeness (QED) is 0.695. The Labute approximate surface area is 152 Å². The molecule has 1 amide bonds. The summed E-state index contributed by atoms with van der Waals surface area (Å²) in [6, 6.07) is 14.4. The molecule has 1 aliphatic heterocycles. The van der Waals surface area contributed by atoms with Crippen LogP contribution in [0.4, 0.5) is 5.69 Å². The summed E-state index contributed by atoms with van der Waals surface area (Å²) in [5, 5.41) is 3.16. The molecule has 0 spiro atoms. The van der Waals surface area contributed by atoms with E-state index in [1.54, 1.807) is 11.3 Å². The van der Waals surface area contributed by atoms with Crippen LogP contribution < -0.4 is 4.90 Å². The van der Waals surface area contributed by atoms with E-state index in [2.05, 4.69) is 41.6 Å². The number of anilines is 1. The first kappa shape index (κ1) is 16.0. The topological polar surface area (TPSA) is 33.2 Å². The largest absolute Gasteiger partial charge is 0.312 e. The standard InChI is InChI=1S/C21H20N2OS/c1-14-5-3-4-6-16(14)12-21(24)23-10-9-18-11-17(7-8-20(18)23)19-13-25-15(2)22-19/h3-8,11,13H,9-10,12H2,1-2H3. The minimum Gasteiger partial charge on any atom is -0.312 e. The molecule has 1 aliphatic rings. The van der Waals surface area contributed by atoms with E-state index < -0.39 is 0 Å². The van der Waals surface area contributed by atoms with Crippen molar-refractivity contribution in [2.24, 2.45) is 0 Å². The van der Waals surface area contributed by atoms with Gasteiger partial charge < -0.3 is 4.90 Å². The highest BCUT2D eigenvalue weighted by molar-refractivity contribution is 7.09. The van der Waals surface area contributed by atoms with Gasteiger partial charge in [-0.1, -0.05) is 30.3 Å². The molecule has 0 saturated carbocycles. The lowest BCUT2D eigenvalue weighted by Gasteiger charge is -2.18. The van der Waals surface area contributed by atoms with E-state index in [4.69, 9.17) is 0 Å². The summed E-state index contributed by atoms with van der Waals surface area (Å²) >= 11 is 1.66. The van der Waals surface area contributed by atoms with Crippen molar-refractivity contribution < 1.29 is 4.79 Å². The Bertz CT molecular complexity index is 945. The smallest absolute Gasteiger partial charge is 0.231 e. The number of carbonyl (C=O) groups excluding carboxylic acids is 1. The maximum absolute atomic E-state index is 12.8. The number of benzene rings is 2. The molecule has 0 bridgehead atoms. The van der Waals surface area contributed by atoms with E-state index in [0.717, 1.165) is 40.5 Å². The van der Waals surface area contributed by atoms with Crippen LogP contribution in [0.25, 0.3) is 11.3 Å². The number of hydrogen-bond donors (Lipinski definition) is 0. The Morgan fingerprint density at radius 2 is 2.04 bits per heavy atom. The number of fused-ring (bicyclic) bond motifs is 1. The van der Waals surface area contributed by atoms with Gasteiger partial charge in [-0.05, 0) is 49.1 Å². The Morgan fingerprint density at radius 3 is 2.80 bits per heavy atom. The van der Waals surface area contributed by atoms with Crippen LogP contribution in [0.15, 0.2) is 47.8 Å². The van der Waals surface area contributed by atoms with Crippen molar-refractivity contribution in [1.29, 1.82) is 0 Å². The molecule has 0 fully saturated rings. The number of rotatable bonds is 3. The fraction of sp³-hybridized carbons (Fsp3) is 0.238. The first-order chi connectivity index (χ1) is 12.1. The summed E-state index contributed by atoms with van der Waals surface area (Å²) in [5.74, 6) is 0.172. The van der Waals surface area contributed by atoms with E-state index in [0.29, 0.717) is 6.42 Å². The summed E-state index contributed by atoms with van der Waals surface area (Å²) in [6.45, 7) is 4.84. The van der Waals surface area contributed by atoms with Gasteiger partial charge in [-0.25, -0.2) is 4.98 Å². The van der Waals surface area contributed by atoms with Crippen molar-refractivity contribution in [3.8, 4) is 11.3 Å². The first-order valence-corrected chi connectivity index (χ1v) is 9.40. The summed E-state index contributed by atoms with van der Waals surface area (Å²) in [7, 11) is 0. The minimum atomic E-state index is 0.172. The second-order valence-electron chi connectivity index (χ2n) is 6.49. The van der Waals surface area contributed by atoms with E-state index in [-0.39, 0.29) is 5.91 Å². The second kappa shape index (κ2) is 6.45. The molecule has 1 aromatic heterocycles. The molecule has 2 aromatic carbocycles. The lowest BCUT2D eigenvalue weighted by Crippen LogP contribution is -2.30. The van der Waals surface area contributed by atoms with Crippen molar-refractivity contribution in [1.82, 2.24) is 4.98 Å². The zero-order valence-corrected chi connectivity index (χ0v) is 15.3. The number of thiazole rings is 1. The highest BCUT2D eigenvalue weighted by Crippen LogP contribution is 2.33. The molecule has 126 valence electrons. The van der Waals surface area contributed by atoms with Crippen LogP contribution >= 0.6 is 11.3 Å². The van der Waals surface area contributed by atoms with Gasteiger partial charge in [0.05, 0.1) is 17.1 Å². The number of hydrogen-bond acceptors (Lipinski definition) is 3. The first-order valence-electron chi connectivity index (χ1n) is 8.52. The van der Waals surface area contributed by atoms with E-state index in [9.17, 15) is 4.79 Å². The van der Waals surface area contributed by atoms with Crippen LogP contribution in [-0.2, 0) is 17.6 Å². The van der Waals surface area contributed by atoms with Crippen LogP contribution in [-0.4, -0.2) is 17.4 Å². The Hall–Kier alpha value is -2.46. The zero-order valence-electron chi connectivity index (χ0n) is 14.5. The van der Waals surface area contributed by atoms with Crippen LogP contribution in [0, 0.1) is 13.8 Å². The van der Waals surface area contributed by atoms with E-state index >= 15 is 0 Å². The van der Waals surface area contributed by atoms with Gasteiger partial charge in [0, 0.05) is 23.2 Å². The predicted molar refractivity (Wildman–Crippen MR) is 103 cm³/mol. The van der Waals surface area contributed by atoms with Crippen LogP contribution in [0.2, 0.25) is 0 Å². The highest BCUT2D eigenvalue weighted by atomic mass is 32.1. The molecule has 0 atom stereocenters. The highest BCUT2D eigenvalue weighted by Gasteiger charge is 2.25. The van der Waals surface area contributed by atoms with Gasteiger partial charge in [-0.15, -0.1) is 11.3 Å². The SMILES string of the molecule is Cc1nc(-c2ccc3c(c2)CCN3C(=O)Cc2ccccc2C)cs1. The molecule has 4 rings (SSSR count). The molecule has 3 nitrogen and oxygen atoms in total. The monoisotopic (exact) mass is 348 g/mol. The van der Waals surface area contributed by atoms with Crippen LogP contribution in [0.5, 0.6) is 0 Å². The molecule has 0 saturated heterocycles. The van der Waals surface area contributed by atoms with Crippen molar-refractivity contribution in [2.45, 2.75) is 26.7 Å². The van der Waals surface area contributed by atoms with E-state index in [1.165, 1.54) is 11.1 Å². The van der Waals surface area contributed by atoms with Gasteiger partial charge in [-0.2, -0.15) is 0 Å². The maximum Gasteiger partial charge on any atom is 0.231 e. The van der Waals surface area contributed by atoms with Crippen LogP contribution in [0.3, 0.4) is 0 Å². The molecule has 2 heterocycles. The molecule has 4 heteroatoms. The third-order valence-electron chi connectivity index (χ3n) is 4.79. The molecule has 0 N–H and O–H groups in total. The molecule has 0 aliphatic carbocycles. The van der Waals surface area contributed by atoms with Crippen molar-refractivity contribution in [3.05, 3.63) is 69.5 Å². The van der Waals surface area contributed by atoms with Crippen molar-refractivity contribution in [3.63, 3.8) is 0 Å². The lowest BCUT2D eigenvalue weighted by molar-refractivity contribution is -0.117. The molecule has 25 heavy (non-hydrogen) atoms. The van der Waals surface area contributed by atoms with Gasteiger partial charge in [0.2, 0.25) is 5.91 Å². The zero-order chi connectivity index (χ0) is 17.4.